The molecule has 0 spiro atoms. The highest BCUT2D eigenvalue weighted by Gasteiger charge is 2.07. The molecule has 3 aromatic rings. The number of hydrogen-bond acceptors (Lipinski definition) is 4. The van der Waals surface area contributed by atoms with Gasteiger partial charge in [0.15, 0.2) is 0 Å². The summed E-state index contributed by atoms with van der Waals surface area (Å²) >= 11 is 1.45. The third-order valence-electron chi connectivity index (χ3n) is 3.45. The van der Waals surface area contributed by atoms with Gasteiger partial charge in [0, 0.05) is 22.7 Å². The molecular weight excluding hydrogens is 324 g/mol. The van der Waals surface area contributed by atoms with Crippen molar-refractivity contribution in [1.29, 1.82) is 0 Å². The minimum Gasteiger partial charge on any atom is -0.325 e. The second kappa shape index (κ2) is 7.14. The number of nitro benzene ring substituents is 1. The number of nitrogens with zero attached hydrogens (tertiary/aromatic N) is 1. The highest BCUT2D eigenvalue weighted by Crippen LogP contribution is 2.24. The second-order valence-electron chi connectivity index (χ2n) is 5.15. The van der Waals surface area contributed by atoms with E-state index >= 15 is 0 Å². The molecule has 0 fully saturated rings. The molecule has 1 N–H and O–H groups in total. The Balaban J connectivity index is 1.59. The molecule has 0 radical (unpaired) electrons. The Morgan fingerprint density at radius 3 is 2.42 bits per heavy atom. The number of thioether (sulfide) groups is 1. The smallest absolute Gasteiger partial charge is 0.269 e. The third kappa shape index (κ3) is 3.91. The van der Waals surface area contributed by atoms with E-state index in [9.17, 15) is 14.9 Å². The molecule has 0 unspecified atom stereocenters. The summed E-state index contributed by atoms with van der Waals surface area (Å²) in [4.78, 5) is 23.2. The van der Waals surface area contributed by atoms with Crippen molar-refractivity contribution < 1.29 is 9.72 Å². The van der Waals surface area contributed by atoms with Crippen LogP contribution in [0.2, 0.25) is 0 Å². The van der Waals surface area contributed by atoms with Crippen LogP contribution in [0.5, 0.6) is 0 Å². The van der Waals surface area contributed by atoms with Crippen molar-refractivity contribution in [2.75, 3.05) is 11.1 Å². The molecule has 0 saturated heterocycles. The fourth-order valence-electron chi connectivity index (χ4n) is 2.27. The molecule has 6 heteroatoms. The summed E-state index contributed by atoms with van der Waals surface area (Å²) in [6, 6.07) is 19.9. The van der Waals surface area contributed by atoms with E-state index in [1.54, 1.807) is 0 Å². The normalized spacial score (nSPS) is 10.5. The lowest BCUT2D eigenvalue weighted by molar-refractivity contribution is -0.384. The first-order valence-electron chi connectivity index (χ1n) is 7.28. The van der Waals surface area contributed by atoms with Crippen LogP contribution in [0.15, 0.2) is 71.6 Å². The number of nitro groups is 1. The Kier molecular flexibility index (Phi) is 4.77. The van der Waals surface area contributed by atoms with Crippen molar-refractivity contribution >= 4 is 39.8 Å². The number of carbonyl (C=O) groups is 1. The first kappa shape index (κ1) is 16.0. The van der Waals surface area contributed by atoms with Gasteiger partial charge in [-0.15, -0.1) is 11.8 Å². The van der Waals surface area contributed by atoms with Crippen LogP contribution in [0.4, 0.5) is 11.4 Å². The molecule has 24 heavy (non-hydrogen) atoms. The van der Waals surface area contributed by atoms with Crippen molar-refractivity contribution in [3.8, 4) is 0 Å². The number of benzene rings is 3. The number of carbonyl (C=O) groups excluding carboxylic acids is 1. The Morgan fingerprint density at radius 2 is 1.71 bits per heavy atom. The summed E-state index contributed by atoms with van der Waals surface area (Å²) in [7, 11) is 0. The summed E-state index contributed by atoms with van der Waals surface area (Å²) in [5.41, 5.74) is 0.545. The van der Waals surface area contributed by atoms with Crippen molar-refractivity contribution in [2.24, 2.45) is 0 Å². The molecule has 0 aliphatic carbocycles. The number of amides is 1. The molecule has 0 aromatic heterocycles. The molecule has 0 aliphatic rings. The van der Waals surface area contributed by atoms with Gasteiger partial charge in [-0.3, -0.25) is 14.9 Å². The summed E-state index contributed by atoms with van der Waals surface area (Å²) in [5.74, 6) is 0.122. The van der Waals surface area contributed by atoms with Crippen LogP contribution in [0.3, 0.4) is 0 Å². The van der Waals surface area contributed by atoms with Gasteiger partial charge in [0.1, 0.15) is 0 Å². The first-order chi connectivity index (χ1) is 11.6. The Labute approximate surface area is 142 Å². The van der Waals surface area contributed by atoms with Crippen molar-refractivity contribution in [3.05, 3.63) is 76.8 Å². The van der Waals surface area contributed by atoms with Gasteiger partial charge < -0.3 is 5.32 Å². The molecule has 0 heterocycles. The van der Waals surface area contributed by atoms with Gasteiger partial charge in [0.05, 0.1) is 10.7 Å². The molecule has 3 rings (SSSR count). The van der Waals surface area contributed by atoms with Crippen LogP contribution in [-0.4, -0.2) is 16.6 Å². The van der Waals surface area contributed by atoms with Crippen molar-refractivity contribution in [1.82, 2.24) is 0 Å². The maximum atomic E-state index is 12.0. The van der Waals surface area contributed by atoms with Gasteiger partial charge >= 0.3 is 0 Å². The van der Waals surface area contributed by atoms with E-state index in [0.717, 1.165) is 15.7 Å². The summed E-state index contributed by atoms with van der Waals surface area (Å²) in [6.07, 6.45) is 0. The van der Waals surface area contributed by atoms with E-state index in [4.69, 9.17) is 0 Å². The fourth-order valence-corrected chi connectivity index (χ4v) is 3.01. The lowest BCUT2D eigenvalue weighted by Crippen LogP contribution is -2.13. The summed E-state index contributed by atoms with van der Waals surface area (Å²) < 4.78 is 0. The largest absolute Gasteiger partial charge is 0.325 e. The van der Waals surface area contributed by atoms with Crippen LogP contribution in [0.1, 0.15) is 0 Å². The van der Waals surface area contributed by atoms with Crippen LogP contribution in [0, 0.1) is 10.1 Å². The zero-order valence-corrected chi connectivity index (χ0v) is 13.5. The molecular formula is C18H14N2O3S. The van der Waals surface area contributed by atoms with Gasteiger partial charge in [-0.2, -0.15) is 0 Å². The third-order valence-corrected chi connectivity index (χ3v) is 4.45. The monoisotopic (exact) mass is 338 g/mol. The topological polar surface area (TPSA) is 72.2 Å². The predicted molar refractivity (Wildman–Crippen MR) is 96.4 cm³/mol. The average molecular weight is 338 g/mol. The van der Waals surface area contributed by atoms with E-state index < -0.39 is 4.92 Å². The Morgan fingerprint density at radius 1 is 1.00 bits per heavy atom. The number of nitrogens with one attached hydrogen (secondary N) is 1. The van der Waals surface area contributed by atoms with E-state index in [-0.39, 0.29) is 17.3 Å². The van der Waals surface area contributed by atoms with Gasteiger partial charge in [0.25, 0.3) is 5.69 Å². The number of hydrogen-bond donors (Lipinski definition) is 1. The molecule has 0 aliphatic heterocycles. The van der Waals surface area contributed by atoms with Gasteiger partial charge in [-0.1, -0.05) is 30.3 Å². The average Bonchev–Trinajstić information content (AvgIpc) is 2.60. The lowest BCUT2D eigenvalue weighted by atomic mass is 10.1. The number of non-ortho nitro benzene ring substituents is 1. The number of anilines is 1. The van der Waals surface area contributed by atoms with Crippen LogP contribution in [0.25, 0.3) is 10.8 Å². The van der Waals surface area contributed by atoms with E-state index in [0.29, 0.717) is 5.69 Å². The fraction of sp³-hybridized carbons (Fsp3) is 0.0556. The zero-order chi connectivity index (χ0) is 16.9. The van der Waals surface area contributed by atoms with E-state index in [1.165, 1.54) is 36.0 Å². The van der Waals surface area contributed by atoms with E-state index in [1.807, 2.05) is 36.4 Å². The predicted octanol–water partition coefficient (Wildman–Crippen LogP) is 4.48. The van der Waals surface area contributed by atoms with Crippen molar-refractivity contribution in [2.45, 2.75) is 4.90 Å². The Bertz CT molecular complexity index is 894. The highest BCUT2D eigenvalue weighted by atomic mass is 32.2. The van der Waals surface area contributed by atoms with Crippen LogP contribution < -0.4 is 5.32 Å². The quantitative estimate of drug-likeness (QED) is 0.423. The molecule has 3 aromatic carbocycles. The number of rotatable bonds is 5. The van der Waals surface area contributed by atoms with Gasteiger partial charge in [-0.25, -0.2) is 0 Å². The first-order valence-corrected chi connectivity index (χ1v) is 8.26. The summed E-state index contributed by atoms with van der Waals surface area (Å²) in [5, 5.41) is 15.6. The van der Waals surface area contributed by atoms with Gasteiger partial charge in [-0.05, 0) is 35.0 Å². The Hall–Kier alpha value is -2.86. The SMILES string of the molecule is O=C(CSc1ccc2ccccc2c1)Nc1ccc([N+](=O)[O-])cc1. The van der Waals surface area contributed by atoms with Crippen molar-refractivity contribution in [3.63, 3.8) is 0 Å². The van der Waals surface area contributed by atoms with Crippen LogP contribution in [-0.2, 0) is 4.79 Å². The minimum atomic E-state index is -0.471. The lowest BCUT2D eigenvalue weighted by Gasteiger charge is -2.06. The minimum absolute atomic E-state index is 0.00135. The second-order valence-corrected chi connectivity index (χ2v) is 6.20. The maximum absolute atomic E-state index is 12.0. The standard InChI is InChI=1S/C18H14N2O3S/c21-18(19-15-6-8-16(9-7-15)20(22)23)12-24-17-10-5-13-3-1-2-4-14(13)11-17/h1-11H,12H2,(H,19,21). The molecule has 0 saturated carbocycles. The molecule has 120 valence electrons. The highest BCUT2D eigenvalue weighted by molar-refractivity contribution is 8.00. The van der Waals surface area contributed by atoms with Gasteiger partial charge in [0.2, 0.25) is 5.91 Å². The maximum Gasteiger partial charge on any atom is 0.269 e. The van der Waals surface area contributed by atoms with Crippen LogP contribution >= 0.6 is 11.8 Å². The molecule has 5 nitrogen and oxygen atoms in total. The molecule has 1 amide bonds. The molecule has 0 atom stereocenters. The summed E-state index contributed by atoms with van der Waals surface area (Å²) in [6.45, 7) is 0. The van der Waals surface area contributed by atoms with E-state index in [2.05, 4.69) is 11.4 Å². The molecule has 0 bridgehead atoms. The number of fused-ring (bicyclic) bond motifs is 1. The zero-order valence-electron chi connectivity index (χ0n) is 12.6.